The van der Waals surface area contributed by atoms with Crippen molar-refractivity contribution in [3.05, 3.63) is 39.2 Å². The lowest BCUT2D eigenvalue weighted by Gasteiger charge is -2.29. The zero-order valence-electron chi connectivity index (χ0n) is 11.5. The monoisotopic (exact) mass is 381 g/mol. The lowest BCUT2D eigenvalue weighted by molar-refractivity contribution is -0.124. The van der Waals surface area contributed by atoms with Crippen LogP contribution in [0, 0.1) is 0 Å². The Labute approximate surface area is 143 Å². The maximum atomic E-state index is 12.7. The normalized spacial score (nSPS) is 22.3. The van der Waals surface area contributed by atoms with E-state index < -0.39 is 0 Å². The van der Waals surface area contributed by atoms with Crippen LogP contribution in [-0.2, 0) is 4.79 Å². The number of carbonyl (C=O) groups excluding carboxylic acids is 1. The van der Waals surface area contributed by atoms with Gasteiger partial charge in [0.25, 0.3) is 5.91 Å². The molecule has 0 atom stereocenters. The summed E-state index contributed by atoms with van der Waals surface area (Å²) in [6, 6.07) is 8.22. The third-order valence-electron chi connectivity index (χ3n) is 3.96. The predicted octanol–water partition coefficient (Wildman–Crippen LogP) is 4.98. The molecular formula is C16H16BrNOS2. The summed E-state index contributed by atoms with van der Waals surface area (Å²) in [6.07, 6.45) is 7.77. The Balaban J connectivity index is 1.84. The minimum Gasteiger partial charge on any atom is -0.290 e. The Bertz CT molecular complexity index is 608. The quantitative estimate of drug-likeness (QED) is 0.531. The molecule has 1 aliphatic heterocycles. The number of thioether (sulfide) groups is 1. The Morgan fingerprint density at radius 1 is 1.24 bits per heavy atom. The molecule has 2 aliphatic rings. The smallest absolute Gasteiger partial charge is 0.266 e. The minimum absolute atomic E-state index is 0.0765. The van der Waals surface area contributed by atoms with Gasteiger partial charge in [-0.25, -0.2) is 0 Å². The van der Waals surface area contributed by atoms with Crippen LogP contribution in [0.2, 0.25) is 0 Å². The maximum absolute atomic E-state index is 12.7. The molecule has 1 aliphatic carbocycles. The highest BCUT2D eigenvalue weighted by Gasteiger charge is 2.37. The molecule has 1 heterocycles. The van der Waals surface area contributed by atoms with Crippen molar-refractivity contribution in [3.63, 3.8) is 0 Å². The molecule has 1 amide bonds. The fourth-order valence-corrected chi connectivity index (χ4v) is 4.66. The standard InChI is InChI=1S/C16H16BrNOS2/c17-13-9-5-4-6-11(13)10-14-15(19)18(16(20)21-14)12-7-2-1-3-8-12/h4-6,9-10,12H,1-3,7-8H2/b14-10-. The molecule has 0 unspecified atom stereocenters. The molecule has 3 rings (SSSR count). The lowest BCUT2D eigenvalue weighted by atomic mass is 9.94. The predicted molar refractivity (Wildman–Crippen MR) is 96.0 cm³/mol. The van der Waals surface area contributed by atoms with Crippen molar-refractivity contribution in [2.75, 3.05) is 0 Å². The summed E-state index contributed by atoms with van der Waals surface area (Å²) in [6.45, 7) is 0. The van der Waals surface area contributed by atoms with Crippen LogP contribution in [0.25, 0.3) is 6.08 Å². The number of amides is 1. The number of benzene rings is 1. The summed E-state index contributed by atoms with van der Waals surface area (Å²) in [5.74, 6) is 0.0765. The van der Waals surface area contributed by atoms with Gasteiger partial charge >= 0.3 is 0 Å². The minimum atomic E-state index is 0.0765. The van der Waals surface area contributed by atoms with Crippen molar-refractivity contribution in [3.8, 4) is 0 Å². The molecule has 110 valence electrons. The Morgan fingerprint density at radius 2 is 1.95 bits per heavy atom. The molecular weight excluding hydrogens is 366 g/mol. The van der Waals surface area contributed by atoms with Crippen molar-refractivity contribution >= 4 is 56.2 Å². The van der Waals surface area contributed by atoms with Crippen LogP contribution >= 0.6 is 39.9 Å². The number of rotatable bonds is 2. The first-order valence-corrected chi connectivity index (χ1v) is 9.20. The van der Waals surface area contributed by atoms with Gasteiger partial charge in [-0.3, -0.25) is 9.69 Å². The van der Waals surface area contributed by atoms with E-state index in [1.165, 1.54) is 31.0 Å². The molecule has 0 aromatic heterocycles. The molecule has 0 spiro atoms. The second kappa shape index (κ2) is 6.63. The number of hydrogen-bond acceptors (Lipinski definition) is 3. The fourth-order valence-electron chi connectivity index (χ4n) is 2.87. The molecule has 0 N–H and O–H groups in total. The summed E-state index contributed by atoms with van der Waals surface area (Å²) >= 11 is 10.4. The van der Waals surface area contributed by atoms with Gasteiger partial charge < -0.3 is 0 Å². The highest BCUT2D eigenvalue weighted by molar-refractivity contribution is 9.10. The summed E-state index contributed by atoms with van der Waals surface area (Å²) < 4.78 is 1.71. The third-order valence-corrected chi connectivity index (χ3v) is 6.01. The molecule has 2 fully saturated rings. The van der Waals surface area contributed by atoms with Gasteiger partial charge in [0.2, 0.25) is 0 Å². The first kappa shape index (κ1) is 15.3. The first-order valence-electron chi connectivity index (χ1n) is 7.18. The molecule has 1 saturated carbocycles. The van der Waals surface area contributed by atoms with E-state index in [1.807, 2.05) is 35.2 Å². The van der Waals surface area contributed by atoms with E-state index in [0.29, 0.717) is 10.4 Å². The Hall–Kier alpha value is -0.650. The summed E-state index contributed by atoms with van der Waals surface area (Å²) in [5, 5.41) is 0. The van der Waals surface area contributed by atoms with E-state index in [9.17, 15) is 4.79 Å². The topological polar surface area (TPSA) is 20.3 Å². The zero-order valence-corrected chi connectivity index (χ0v) is 14.8. The molecule has 1 saturated heterocycles. The van der Waals surface area contributed by atoms with E-state index in [0.717, 1.165) is 27.8 Å². The SMILES string of the molecule is O=C1/C(=C/c2ccccc2Br)SC(=S)N1C1CCCCC1. The van der Waals surface area contributed by atoms with Crippen LogP contribution in [0.4, 0.5) is 0 Å². The van der Waals surface area contributed by atoms with Gasteiger partial charge in [0.05, 0.1) is 4.91 Å². The molecule has 1 aromatic carbocycles. The molecule has 5 heteroatoms. The third kappa shape index (κ3) is 3.25. The summed E-state index contributed by atoms with van der Waals surface area (Å²) in [5.41, 5.74) is 1.02. The van der Waals surface area contributed by atoms with Crippen LogP contribution in [0.3, 0.4) is 0 Å². The van der Waals surface area contributed by atoms with Crippen LogP contribution in [0.15, 0.2) is 33.6 Å². The van der Waals surface area contributed by atoms with Crippen LogP contribution in [-0.4, -0.2) is 21.2 Å². The van der Waals surface area contributed by atoms with Gasteiger partial charge in [0.1, 0.15) is 4.32 Å². The average molecular weight is 382 g/mol. The highest BCUT2D eigenvalue weighted by atomic mass is 79.9. The van der Waals surface area contributed by atoms with Crippen LogP contribution in [0.1, 0.15) is 37.7 Å². The fraction of sp³-hybridized carbons (Fsp3) is 0.375. The van der Waals surface area contributed by atoms with Crippen molar-refractivity contribution in [2.24, 2.45) is 0 Å². The first-order chi connectivity index (χ1) is 10.2. The van der Waals surface area contributed by atoms with Crippen molar-refractivity contribution < 1.29 is 4.79 Å². The second-order valence-electron chi connectivity index (χ2n) is 5.37. The van der Waals surface area contributed by atoms with Gasteiger partial charge in [-0.2, -0.15) is 0 Å². The van der Waals surface area contributed by atoms with E-state index in [-0.39, 0.29) is 5.91 Å². The Morgan fingerprint density at radius 3 is 2.67 bits per heavy atom. The van der Waals surface area contributed by atoms with Crippen LogP contribution in [0.5, 0.6) is 0 Å². The van der Waals surface area contributed by atoms with E-state index in [1.54, 1.807) is 0 Å². The maximum Gasteiger partial charge on any atom is 0.266 e. The summed E-state index contributed by atoms with van der Waals surface area (Å²) in [4.78, 5) is 15.2. The van der Waals surface area contributed by atoms with Gasteiger partial charge in [-0.1, -0.05) is 77.4 Å². The number of halogens is 1. The average Bonchev–Trinajstić information content (AvgIpc) is 2.77. The van der Waals surface area contributed by atoms with Crippen molar-refractivity contribution in [1.29, 1.82) is 0 Å². The molecule has 0 radical (unpaired) electrons. The largest absolute Gasteiger partial charge is 0.290 e. The second-order valence-corrected chi connectivity index (χ2v) is 7.90. The van der Waals surface area contributed by atoms with Crippen molar-refractivity contribution in [2.45, 2.75) is 38.1 Å². The number of nitrogens with zero attached hydrogens (tertiary/aromatic N) is 1. The molecule has 2 nitrogen and oxygen atoms in total. The number of thiocarbonyl (C=S) groups is 1. The van der Waals surface area contributed by atoms with Crippen LogP contribution < -0.4 is 0 Å². The Kier molecular flexibility index (Phi) is 4.82. The lowest BCUT2D eigenvalue weighted by Crippen LogP contribution is -2.39. The van der Waals surface area contributed by atoms with E-state index in [4.69, 9.17) is 12.2 Å². The van der Waals surface area contributed by atoms with Gasteiger partial charge in [-0.05, 0) is 30.5 Å². The van der Waals surface area contributed by atoms with Gasteiger partial charge in [-0.15, -0.1) is 0 Å². The van der Waals surface area contributed by atoms with E-state index >= 15 is 0 Å². The zero-order chi connectivity index (χ0) is 14.8. The molecule has 1 aromatic rings. The van der Waals surface area contributed by atoms with Gasteiger partial charge in [0.15, 0.2) is 0 Å². The van der Waals surface area contributed by atoms with E-state index in [2.05, 4.69) is 15.9 Å². The molecule has 0 bridgehead atoms. The summed E-state index contributed by atoms with van der Waals surface area (Å²) in [7, 11) is 0. The molecule has 21 heavy (non-hydrogen) atoms. The van der Waals surface area contributed by atoms with Crippen molar-refractivity contribution in [1.82, 2.24) is 4.90 Å². The highest BCUT2D eigenvalue weighted by Crippen LogP contribution is 2.37. The van der Waals surface area contributed by atoms with Gasteiger partial charge in [0, 0.05) is 10.5 Å². The number of carbonyl (C=O) groups is 1. The number of hydrogen-bond donors (Lipinski definition) is 0.